The van der Waals surface area contributed by atoms with Crippen LogP contribution in [0, 0.1) is 0 Å². The Morgan fingerprint density at radius 1 is 0.367 bits per heavy atom. The van der Waals surface area contributed by atoms with Crippen LogP contribution in [0.15, 0.2) is 218 Å². The van der Waals surface area contributed by atoms with Gasteiger partial charge in [0.1, 0.15) is 0 Å². The standard InChI is InChI=1S/C56H36N4/c1-4-19-37(20-5-1)53-57-54(39-22-18-27-42(35-39)60-49-33-16-13-29-44(49)45-30-14-17-34-50(45)60)59-55(58-53)47-36-38-21-10-11-28-43(38)52-51(47)46-31-12-15-32-48(46)56(52,40-23-6-2-7-24-40)41-25-8-3-9-26-41/h1-36H. The predicted molar refractivity (Wildman–Crippen MR) is 245 cm³/mol. The first kappa shape index (κ1) is 34.1. The smallest absolute Gasteiger partial charge is 0.164 e. The molecule has 4 heteroatoms. The van der Waals surface area contributed by atoms with Gasteiger partial charge < -0.3 is 4.57 Å². The fraction of sp³-hybridized carbons (Fsp3) is 0.0179. The van der Waals surface area contributed by atoms with Crippen molar-refractivity contribution in [3.05, 3.63) is 241 Å². The predicted octanol–water partition coefficient (Wildman–Crippen LogP) is 13.5. The summed E-state index contributed by atoms with van der Waals surface area (Å²) in [7, 11) is 0. The van der Waals surface area contributed by atoms with Gasteiger partial charge >= 0.3 is 0 Å². The summed E-state index contributed by atoms with van der Waals surface area (Å²) in [5, 5.41) is 4.78. The topological polar surface area (TPSA) is 43.6 Å². The Morgan fingerprint density at radius 2 is 0.883 bits per heavy atom. The molecule has 2 heterocycles. The van der Waals surface area contributed by atoms with Crippen LogP contribution in [0.3, 0.4) is 0 Å². The van der Waals surface area contributed by atoms with E-state index in [1.54, 1.807) is 0 Å². The molecular weight excluding hydrogens is 729 g/mol. The van der Waals surface area contributed by atoms with E-state index in [9.17, 15) is 0 Å². The summed E-state index contributed by atoms with van der Waals surface area (Å²) in [5.74, 6) is 1.88. The second-order valence-corrected chi connectivity index (χ2v) is 15.5. The van der Waals surface area contributed by atoms with Gasteiger partial charge in [0.2, 0.25) is 0 Å². The monoisotopic (exact) mass is 764 g/mol. The molecule has 4 nitrogen and oxygen atoms in total. The molecular formula is C56H36N4. The fourth-order valence-electron chi connectivity index (χ4n) is 9.83. The third-order valence-electron chi connectivity index (χ3n) is 12.3. The molecule has 0 bridgehead atoms. The number of benzene rings is 9. The Labute approximate surface area is 347 Å². The van der Waals surface area contributed by atoms with Crippen LogP contribution < -0.4 is 0 Å². The van der Waals surface area contributed by atoms with Crippen molar-refractivity contribution in [2.45, 2.75) is 5.41 Å². The van der Waals surface area contributed by atoms with Crippen molar-refractivity contribution in [2.75, 3.05) is 0 Å². The number of hydrogen-bond donors (Lipinski definition) is 0. The lowest BCUT2D eigenvalue weighted by molar-refractivity contribution is 0.775. The maximum Gasteiger partial charge on any atom is 0.164 e. The van der Waals surface area contributed by atoms with Crippen LogP contribution in [0.4, 0.5) is 0 Å². The summed E-state index contributed by atoms with van der Waals surface area (Å²) in [6, 6.07) is 78.0. The van der Waals surface area contributed by atoms with E-state index in [0.717, 1.165) is 44.4 Å². The SMILES string of the molecule is c1ccc(-c2nc(-c3cccc(-n4c5ccccc5c5ccccc54)c3)nc(-c3cc4ccccc4c4c3-c3ccccc3C4(c3ccccc3)c3ccccc3)n2)cc1. The van der Waals surface area contributed by atoms with Crippen molar-refractivity contribution in [3.8, 4) is 51.0 Å². The molecule has 0 unspecified atom stereocenters. The second-order valence-electron chi connectivity index (χ2n) is 15.5. The molecule has 0 fully saturated rings. The van der Waals surface area contributed by atoms with Crippen molar-refractivity contribution in [2.24, 2.45) is 0 Å². The van der Waals surface area contributed by atoms with E-state index in [4.69, 9.17) is 15.0 Å². The van der Waals surface area contributed by atoms with Crippen molar-refractivity contribution in [1.82, 2.24) is 19.5 Å². The van der Waals surface area contributed by atoms with Crippen LogP contribution in [0.25, 0.3) is 83.6 Å². The van der Waals surface area contributed by atoms with E-state index in [0.29, 0.717) is 17.5 Å². The third-order valence-corrected chi connectivity index (χ3v) is 12.3. The molecule has 60 heavy (non-hydrogen) atoms. The lowest BCUT2D eigenvalue weighted by Gasteiger charge is -2.34. The quantitative estimate of drug-likeness (QED) is 0.169. The molecule has 1 aliphatic rings. The van der Waals surface area contributed by atoms with E-state index in [2.05, 4.69) is 205 Å². The molecule has 0 saturated carbocycles. The number of rotatable bonds is 6. The van der Waals surface area contributed by atoms with Gasteiger partial charge in [-0.1, -0.05) is 188 Å². The molecule has 12 rings (SSSR count). The first-order valence-electron chi connectivity index (χ1n) is 20.5. The maximum atomic E-state index is 5.47. The molecule has 0 saturated heterocycles. The van der Waals surface area contributed by atoms with Gasteiger partial charge in [-0.3, -0.25) is 0 Å². The van der Waals surface area contributed by atoms with Gasteiger partial charge in [0.05, 0.1) is 16.4 Å². The molecule has 2 aromatic heterocycles. The third kappa shape index (κ3) is 5.07. The zero-order valence-electron chi connectivity index (χ0n) is 32.6. The molecule has 1 aliphatic carbocycles. The maximum absolute atomic E-state index is 5.47. The van der Waals surface area contributed by atoms with Crippen molar-refractivity contribution in [3.63, 3.8) is 0 Å². The average molecular weight is 765 g/mol. The van der Waals surface area contributed by atoms with Gasteiger partial charge in [0.25, 0.3) is 0 Å². The Bertz CT molecular complexity index is 3330. The zero-order valence-corrected chi connectivity index (χ0v) is 32.6. The largest absolute Gasteiger partial charge is 0.309 e. The van der Waals surface area contributed by atoms with E-state index in [-0.39, 0.29) is 0 Å². The Balaban J connectivity index is 1.16. The minimum atomic E-state index is -0.598. The van der Waals surface area contributed by atoms with Crippen LogP contribution in [0.1, 0.15) is 22.3 Å². The average Bonchev–Trinajstić information content (AvgIpc) is 3.84. The van der Waals surface area contributed by atoms with E-state index >= 15 is 0 Å². The Hall–Kier alpha value is -7.95. The van der Waals surface area contributed by atoms with E-state index < -0.39 is 5.41 Å². The van der Waals surface area contributed by atoms with Gasteiger partial charge in [0, 0.05) is 33.2 Å². The summed E-state index contributed by atoms with van der Waals surface area (Å²) < 4.78 is 2.34. The summed E-state index contributed by atoms with van der Waals surface area (Å²) in [4.78, 5) is 16.1. The highest BCUT2D eigenvalue weighted by Gasteiger charge is 2.48. The van der Waals surface area contributed by atoms with Crippen LogP contribution in [0.5, 0.6) is 0 Å². The van der Waals surface area contributed by atoms with Gasteiger partial charge in [-0.15, -0.1) is 0 Å². The van der Waals surface area contributed by atoms with Crippen LogP contribution >= 0.6 is 0 Å². The van der Waals surface area contributed by atoms with Gasteiger partial charge in [0.15, 0.2) is 17.5 Å². The first-order valence-corrected chi connectivity index (χ1v) is 20.5. The van der Waals surface area contributed by atoms with Crippen LogP contribution in [-0.4, -0.2) is 19.5 Å². The van der Waals surface area contributed by atoms with Crippen LogP contribution in [0.2, 0.25) is 0 Å². The molecule has 0 amide bonds. The summed E-state index contributed by atoms with van der Waals surface area (Å²) >= 11 is 0. The molecule has 11 aromatic rings. The zero-order chi connectivity index (χ0) is 39.6. The molecule has 280 valence electrons. The molecule has 9 aromatic carbocycles. The minimum Gasteiger partial charge on any atom is -0.309 e. The second kappa shape index (κ2) is 13.6. The molecule has 0 N–H and O–H groups in total. The van der Waals surface area contributed by atoms with Gasteiger partial charge in [-0.25, -0.2) is 15.0 Å². The molecule has 0 radical (unpaired) electrons. The number of para-hydroxylation sites is 2. The van der Waals surface area contributed by atoms with Crippen molar-refractivity contribution < 1.29 is 0 Å². The highest BCUT2D eigenvalue weighted by molar-refractivity contribution is 6.09. The highest BCUT2D eigenvalue weighted by atomic mass is 15.0. The summed E-state index contributed by atoms with van der Waals surface area (Å²) in [5.41, 5.74) is 12.8. The number of hydrogen-bond acceptors (Lipinski definition) is 3. The minimum absolute atomic E-state index is 0.598. The molecule has 0 aliphatic heterocycles. The number of aromatic nitrogens is 4. The lowest BCUT2D eigenvalue weighted by atomic mass is 9.66. The van der Waals surface area contributed by atoms with Crippen molar-refractivity contribution in [1.29, 1.82) is 0 Å². The molecule has 0 atom stereocenters. The summed E-state index contributed by atoms with van der Waals surface area (Å²) in [6.07, 6.45) is 0. The first-order chi connectivity index (χ1) is 29.8. The Kier molecular flexibility index (Phi) is 7.72. The normalized spacial score (nSPS) is 12.8. The summed E-state index contributed by atoms with van der Waals surface area (Å²) in [6.45, 7) is 0. The van der Waals surface area contributed by atoms with Crippen molar-refractivity contribution >= 4 is 32.6 Å². The lowest BCUT2D eigenvalue weighted by Crippen LogP contribution is -2.28. The molecule has 0 spiro atoms. The van der Waals surface area contributed by atoms with Gasteiger partial charge in [-0.2, -0.15) is 0 Å². The number of fused-ring (bicyclic) bond motifs is 8. The van der Waals surface area contributed by atoms with E-state index in [1.807, 2.05) is 18.2 Å². The van der Waals surface area contributed by atoms with E-state index in [1.165, 1.54) is 44.0 Å². The number of nitrogens with zero attached hydrogens (tertiary/aromatic N) is 4. The van der Waals surface area contributed by atoms with Gasteiger partial charge in [-0.05, 0) is 74.5 Å². The van der Waals surface area contributed by atoms with Crippen LogP contribution in [-0.2, 0) is 5.41 Å². The fourth-order valence-corrected chi connectivity index (χ4v) is 9.83. The highest BCUT2D eigenvalue weighted by Crippen LogP contribution is 2.60. The Morgan fingerprint density at radius 3 is 1.57 bits per heavy atom.